The van der Waals surface area contributed by atoms with E-state index in [9.17, 15) is 19.2 Å². The van der Waals surface area contributed by atoms with E-state index in [0.29, 0.717) is 37.5 Å². The lowest BCUT2D eigenvalue weighted by atomic mass is 10.1. The Bertz CT molecular complexity index is 782. The molecule has 8 heteroatoms. The number of ketones is 1. The SMILES string of the molecule is CC(=O)c1cccc(OC(C)C(=O)N2CCN(C(=O)C(=O)NC3CC3)CC2)c1. The van der Waals surface area contributed by atoms with Crippen LogP contribution < -0.4 is 10.1 Å². The molecule has 0 aromatic heterocycles. The van der Waals surface area contributed by atoms with Crippen molar-refractivity contribution in [3.63, 3.8) is 0 Å². The van der Waals surface area contributed by atoms with Crippen molar-refractivity contribution < 1.29 is 23.9 Å². The number of carbonyl (C=O) groups is 4. The zero-order chi connectivity index (χ0) is 20.3. The highest BCUT2D eigenvalue weighted by molar-refractivity contribution is 6.35. The second-order valence-corrected chi connectivity index (χ2v) is 7.21. The predicted molar refractivity (Wildman–Crippen MR) is 101 cm³/mol. The van der Waals surface area contributed by atoms with Crippen molar-refractivity contribution in [3.05, 3.63) is 29.8 Å². The Labute approximate surface area is 163 Å². The van der Waals surface area contributed by atoms with Gasteiger partial charge in [-0.05, 0) is 38.8 Å². The standard InChI is InChI=1S/C20H25N3O5/c1-13(24)15-4-3-5-17(12-15)28-14(2)19(26)22-8-10-23(11-9-22)20(27)18(25)21-16-6-7-16/h3-5,12,14,16H,6-11H2,1-2H3,(H,21,25). The summed E-state index contributed by atoms with van der Waals surface area (Å²) in [5.41, 5.74) is 0.522. The summed E-state index contributed by atoms with van der Waals surface area (Å²) < 4.78 is 5.70. The Morgan fingerprint density at radius 3 is 2.32 bits per heavy atom. The molecule has 8 nitrogen and oxygen atoms in total. The van der Waals surface area contributed by atoms with Gasteiger partial charge in [0.25, 0.3) is 5.91 Å². The van der Waals surface area contributed by atoms with Crippen LogP contribution in [0, 0.1) is 0 Å². The molecule has 1 saturated heterocycles. The molecule has 1 aliphatic heterocycles. The lowest BCUT2D eigenvalue weighted by Gasteiger charge is -2.35. The van der Waals surface area contributed by atoms with Crippen LogP contribution in [0.4, 0.5) is 0 Å². The van der Waals surface area contributed by atoms with Gasteiger partial charge in [0.15, 0.2) is 11.9 Å². The maximum atomic E-state index is 12.6. The van der Waals surface area contributed by atoms with Gasteiger partial charge >= 0.3 is 11.8 Å². The van der Waals surface area contributed by atoms with Gasteiger partial charge in [-0.1, -0.05) is 12.1 Å². The van der Waals surface area contributed by atoms with Crippen molar-refractivity contribution in [2.24, 2.45) is 0 Å². The molecule has 3 amide bonds. The van der Waals surface area contributed by atoms with Crippen LogP contribution in [0.5, 0.6) is 5.75 Å². The molecule has 0 bridgehead atoms. The molecule has 0 radical (unpaired) electrons. The molecule has 1 heterocycles. The molecule has 1 saturated carbocycles. The van der Waals surface area contributed by atoms with Gasteiger partial charge in [-0.3, -0.25) is 19.2 Å². The van der Waals surface area contributed by atoms with E-state index >= 15 is 0 Å². The number of rotatable bonds is 5. The fourth-order valence-electron chi connectivity index (χ4n) is 3.05. The molecule has 150 valence electrons. The monoisotopic (exact) mass is 387 g/mol. The first-order valence-corrected chi connectivity index (χ1v) is 9.51. The first-order valence-electron chi connectivity index (χ1n) is 9.51. The summed E-state index contributed by atoms with van der Waals surface area (Å²) in [7, 11) is 0. The van der Waals surface area contributed by atoms with Gasteiger partial charge in [-0.2, -0.15) is 0 Å². The summed E-state index contributed by atoms with van der Waals surface area (Å²) in [6.45, 7) is 4.46. The Hall–Kier alpha value is -2.90. The number of nitrogens with zero attached hydrogens (tertiary/aromatic N) is 2. The number of amides is 3. The average molecular weight is 387 g/mol. The van der Waals surface area contributed by atoms with E-state index < -0.39 is 17.9 Å². The second kappa shape index (κ2) is 8.41. The summed E-state index contributed by atoms with van der Waals surface area (Å²) >= 11 is 0. The maximum absolute atomic E-state index is 12.6. The molecule has 0 spiro atoms. The van der Waals surface area contributed by atoms with Crippen molar-refractivity contribution in [2.75, 3.05) is 26.2 Å². The molecule has 2 fully saturated rings. The van der Waals surface area contributed by atoms with Gasteiger partial charge in [0.05, 0.1) is 0 Å². The quantitative estimate of drug-likeness (QED) is 0.590. The van der Waals surface area contributed by atoms with Gasteiger partial charge in [0, 0.05) is 37.8 Å². The summed E-state index contributed by atoms with van der Waals surface area (Å²) in [4.78, 5) is 51.2. The zero-order valence-electron chi connectivity index (χ0n) is 16.1. The largest absolute Gasteiger partial charge is 0.481 e. The average Bonchev–Trinajstić information content (AvgIpc) is 3.51. The number of ether oxygens (including phenoxy) is 1. The van der Waals surface area contributed by atoms with Crippen molar-refractivity contribution in [2.45, 2.75) is 38.8 Å². The van der Waals surface area contributed by atoms with E-state index in [2.05, 4.69) is 5.32 Å². The molecule has 1 atom stereocenters. The second-order valence-electron chi connectivity index (χ2n) is 7.21. The molecule has 1 N–H and O–H groups in total. The van der Waals surface area contributed by atoms with Gasteiger partial charge in [-0.25, -0.2) is 0 Å². The number of nitrogens with one attached hydrogen (secondary N) is 1. The lowest BCUT2D eigenvalue weighted by molar-refractivity contribution is -0.149. The van der Waals surface area contributed by atoms with Crippen molar-refractivity contribution >= 4 is 23.5 Å². The highest BCUT2D eigenvalue weighted by Gasteiger charge is 2.32. The van der Waals surface area contributed by atoms with Crippen LogP contribution in [-0.4, -0.2) is 71.6 Å². The molecule has 1 aromatic rings. The third kappa shape index (κ3) is 4.88. The Kier molecular flexibility index (Phi) is 5.96. The van der Waals surface area contributed by atoms with E-state index in [4.69, 9.17) is 4.74 Å². The number of benzene rings is 1. The van der Waals surface area contributed by atoms with E-state index in [1.807, 2.05) is 0 Å². The Balaban J connectivity index is 1.50. The molecule has 2 aliphatic rings. The maximum Gasteiger partial charge on any atom is 0.312 e. The number of Topliss-reactive ketones (excluding diaryl/α,β-unsaturated/α-hetero) is 1. The molecule has 28 heavy (non-hydrogen) atoms. The summed E-state index contributed by atoms with van der Waals surface area (Å²) in [5, 5.41) is 2.69. The topological polar surface area (TPSA) is 96.0 Å². The van der Waals surface area contributed by atoms with Crippen molar-refractivity contribution in [3.8, 4) is 5.75 Å². The minimum Gasteiger partial charge on any atom is -0.481 e. The van der Waals surface area contributed by atoms with Crippen LogP contribution in [0.2, 0.25) is 0 Å². The van der Waals surface area contributed by atoms with Crippen LogP contribution in [-0.2, 0) is 14.4 Å². The Morgan fingerprint density at radius 1 is 1.07 bits per heavy atom. The number of hydrogen-bond acceptors (Lipinski definition) is 5. The minimum atomic E-state index is -0.720. The van der Waals surface area contributed by atoms with Crippen molar-refractivity contribution in [1.29, 1.82) is 0 Å². The first-order chi connectivity index (χ1) is 13.3. The molecule has 1 aromatic carbocycles. The van der Waals surface area contributed by atoms with Gasteiger partial charge in [-0.15, -0.1) is 0 Å². The molecule has 1 unspecified atom stereocenters. The number of hydrogen-bond donors (Lipinski definition) is 1. The minimum absolute atomic E-state index is 0.0732. The van der Waals surface area contributed by atoms with Crippen LogP contribution >= 0.6 is 0 Å². The summed E-state index contributed by atoms with van der Waals surface area (Å²) in [6.07, 6.45) is 1.13. The van der Waals surface area contributed by atoms with Crippen LogP contribution in [0.1, 0.15) is 37.0 Å². The van der Waals surface area contributed by atoms with Gasteiger partial charge < -0.3 is 19.9 Å². The van der Waals surface area contributed by atoms with E-state index in [-0.39, 0.29) is 17.7 Å². The molecule has 1 aliphatic carbocycles. The Morgan fingerprint density at radius 2 is 1.71 bits per heavy atom. The van der Waals surface area contributed by atoms with Gasteiger partial charge in [0.1, 0.15) is 5.75 Å². The summed E-state index contributed by atoms with van der Waals surface area (Å²) in [5.74, 6) is -0.911. The van der Waals surface area contributed by atoms with Crippen LogP contribution in [0.15, 0.2) is 24.3 Å². The third-order valence-corrected chi connectivity index (χ3v) is 4.89. The predicted octanol–water partition coefficient (Wildman–Crippen LogP) is 0.606. The van der Waals surface area contributed by atoms with E-state index in [1.54, 1.807) is 36.1 Å². The van der Waals surface area contributed by atoms with Gasteiger partial charge in [0.2, 0.25) is 0 Å². The van der Waals surface area contributed by atoms with Crippen molar-refractivity contribution in [1.82, 2.24) is 15.1 Å². The van der Waals surface area contributed by atoms with E-state index in [1.165, 1.54) is 11.8 Å². The summed E-state index contributed by atoms with van der Waals surface area (Å²) in [6, 6.07) is 6.85. The zero-order valence-corrected chi connectivity index (χ0v) is 16.1. The molecular weight excluding hydrogens is 362 g/mol. The molecule has 3 rings (SSSR count). The third-order valence-electron chi connectivity index (χ3n) is 4.89. The number of piperazine rings is 1. The highest BCUT2D eigenvalue weighted by Crippen LogP contribution is 2.19. The van der Waals surface area contributed by atoms with Crippen LogP contribution in [0.25, 0.3) is 0 Å². The first kappa shape index (κ1) is 19.9. The molecular formula is C20H25N3O5. The van der Waals surface area contributed by atoms with Crippen LogP contribution in [0.3, 0.4) is 0 Å². The highest BCUT2D eigenvalue weighted by atomic mass is 16.5. The fraction of sp³-hybridized carbons (Fsp3) is 0.500. The fourth-order valence-corrected chi connectivity index (χ4v) is 3.05. The normalized spacial score (nSPS) is 17.6. The van der Waals surface area contributed by atoms with E-state index in [0.717, 1.165) is 12.8 Å². The smallest absolute Gasteiger partial charge is 0.312 e. The number of carbonyl (C=O) groups excluding carboxylic acids is 4. The lowest BCUT2D eigenvalue weighted by Crippen LogP contribution is -2.55.